The molecule has 0 saturated carbocycles. The summed E-state index contributed by atoms with van der Waals surface area (Å²) in [5, 5.41) is 7.50. The van der Waals surface area contributed by atoms with Gasteiger partial charge in [-0.15, -0.1) is 0 Å². The molecule has 1 aromatic heterocycles. The number of rotatable bonds is 6. The zero-order valence-corrected chi connectivity index (χ0v) is 19.6. The highest BCUT2D eigenvalue weighted by Gasteiger charge is 2.15. The Hall–Kier alpha value is -3.09. The van der Waals surface area contributed by atoms with E-state index in [0.717, 1.165) is 54.8 Å². The fraction of sp³-hybridized carbons (Fsp3) is 0.259. The van der Waals surface area contributed by atoms with E-state index in [-0.39, 0.29) is 0 Å². The van der Waals surface area contributed by atoms with Crippen LogP contribution in [0.25, 0.3) is 22.5 Å². The lowest BCUT2D eigenvalue weighted by Crippen LogP contribution is -2.37. The van der Waals surface area contributed by atoms with E-state index in [1.165, 1.54) is 27.8 Å². The van der Waals surface area contributed by atoms with Crippen molar-refractivity contribution < 1.29 is 4.21 Å². The van der Waals surface area contributed by atoms with Gasteiger partial charge in [-0.05, 0) is 35.2 Å². The zero-order valence-electron chi connectivity index (χ0n) is 18.8. The Kier molecular flexibility index (Phi) is 6.46. The Morgan fingerprint density at radius 3 is 2.36 bits per heavy atom. The SMILES string of the molecule is Cc1ccc(Cc2nc(-c3ccc(-c4cccc(CN5CCS(=O)CC5)c4)cc3)n[nH]2)cc1. The Morgan fingerprint density at radius 1 is 0.879 bits per heavy atom. The van der Waals surface area contributed by atoms with E-state index in [9.17, 15) is 4.21 Å². The van der Waals surface area contributed by atoms with Crippen molar-refractivity contribution in [2.45, 2.75) is 19.9 Å². The Bertz CT molecular complexity index is 1240. The second kappa shape index (κ2) is 9.81. The van der Waals surface area contributed by atoms with Crippen LogP contribution < -0.4 is 0 Å². The quantitative estimate of drug-likeness (QED) is 0.461. The third-order valence-corrected chi connectivity index (χ3v) is 7.38. The summed E-state index contributed by atoms with van der Waals surface area (Å²) < 4.78 is 11.6. The molecule has 1 aliphatic heterocycles. The van der Waals surface area contributed by atoms with Crippen LogP contribution in [0.5, 0.6) is 0 Å². The molecule has 2 heterocycles. The molecule has 0 amide bonds. The Balaban J connectivity index is 1.26. The number of aromatic amines is 1. The van der Waals surface area contributed by atoms with E-state index < -0.39 is 10.8 Å². The van der Waals surface area contributed by atoms with Gasteiger partial charge in [-0.1, -0.05) is 72.3 Å². The van der Waals surface area contributed by atoms with Gasteiger partial charge in [0.1, 0.15) is 5.82 Å². The van der Waals surface area contributed by atoms with Crippen molar-refractivity contribution in [3.63, 3.8) is 0 Å². The largest absolute Gasteiger partial charge is 0.297 e. The standard InChI is InChI=1S/C27H28N4OS/c1-20-5-7-21(8-6-20)18-26-28-27(30-29-26)24-11-9-23(10-12-24)25-4-2-3-22(17-25)19-31-13-15-33(32)16-14-31/h2-12,17H,13-16,18-19H2,1H3,(H,28,29,30). The molecule has 3 aromatic carbocycles. The molecule has 5 nitrogen and oxygen atoms in total. The molecule has 1 N–H and O–H groups in total. The van der Waals surface area contributed by atoms with Crippen molar-refractivity contribution in [3.8, 4) is 22.5 Å². The monoisotopic (exact) mass is 456 g/mol. The molecule has 0 radical (unpaired) electrons. The molecule has 4 aromatic rings. The third-order valence-electron chi connectivity index (χ3n) is 6.10. The van der Waals surface area contributed by atoms with Crippen LogP contribution >= 0.6 is 0 Å². The van der Waals surface area contributed by atoms with Crippen LogP contribution in [-0.2, 0) is 23.8 Å². The first-order valence-corrected chi connectivity index (χ1v) is 12.8. The van der Waals surface area contributed by atoms with Gasteiger partial charge in [0.05, 0.1) is 0 Å². The summed E-state index contributed by atoms with van der Waals surface area (Å²) in [5.74, 6) is 3.16. The van der Waals surface area contributed by atoms with Crippen molar-refractivity contribution in [1.29, 1.82) is 0 Å². The highest BCUT2D eigenvalue weighted by atomic mass is 32.2. The average Bonchev–Trinajstić information content (AvgIpc) is 3.31. The first-order valence-electron chi connectivity index (χ1n) is 11.4. The summed E-state index contributed by atoms with van der Waals surface area (Å²) in [4.78, 5) is 7.08. The van der Waals surface area contributed by atoms with Crippen LogP contribution in [0.4, 0.5) is 0 Å². The third kappa shape index (κ3) is 5.46. The van der Waals surface area contributed by atoms with Gasteiger partial charge < -0.3 is 0 Å². The molecule has 1 fully saturated rings. The predicted octanol–water partition coefficient (Wildman–Crippen LogP) is 4.60. The van der Waals surface area contributed by atoms with Crippen LogP contribution in [0, 0.1) is 6.92 Å². The van der Waals surface area contributed by atoms with Crippen molar-refractivity contribution >= 4 is 10.8 Å². The number of hydrogen-bond donors (Lipinski definition) is 1. The molecule has 0 spiro atoms. The minimum atomic E-state index is -0.635. The Labute approximate surface area is 197 Å². The lowest BCUT2D eigenvalue weighted by molar-refractivity contribution is 0.291. The fourth-order valence-electron chi connectivity index (χ4n) is 4.16. The minimum absolute atomic E-state index is 0.635. The van der Waals surface area contributed by atoms with Crippen molar-refractivity contribution in [2.24, 2.45) is 0 Å². The molecule has 0 atom stereocenters. The highest BCUT2D eigenvalue weighted by Crippen LogP contribution is 2.25. The lowest BCUT2D eigenvalue weighted by atomic mass is 10.0. The van der Waals surface area contributed by atoms with Gasteiger partial charge in [-0.2, -0.15) is 5.10 Å². The maximum absolute atomic E-state index is 11.6. The average molecular weight is 457 g/mol. The molecule has 0 aliphatic carbocycles. The van der Waals surface area contributed by atoms with Crippen molar-refractivity contribution in [3.05, 3.63) is 95.3 Å². The molecule has 0 bridgehead atoms. The number of benzene rings is 3. The summed E-state index contributed by atoms with van der Waals surface area (Å²) in [6.45, 7) is 4.82. The van der Waals surface area contributed by atoms with Crippen molar-refractivity contribution in [2.75, 3.05) is 24.6 Å². The van der Waals surface area contributed by atoms with Gasteiger partial charge in [-0.3, -0.25) is 14.2 Å². The van der Waals surface area contributed by atoms with E-state index in [1.807, 2.05) is 0 Å². The number of hydrogen-bond acceptors (Lipinski definition) is 4. The van der Waals surface area contributed by atoms with Crippen LogP contribution in [0.3, 0.4) is 0 Å². The number of nitrogens with one attached hydrogen (secondary N) is 1. The molecule has 33 heavy (non-hydrogen) atoms. The van der Waals surface area contributed by atoms with E-state index in [0.29, 0.717) is 0 Å². The molecular formula is C27H28N4OS. The molecule has 6 heteroatoms. The predicted molar refractivity (Wildman–Crippen MR) is 134 cm³/mol. The summed E-state index contributed by atoms with van der Waals surface area (Å²) in [7, 11) is -0.635. The van der Waals surface area contributed by atoms with Gasteiger partial charge in [0.15, 0.2) is 5.82 Å². The molecule has 1 saturated heterocycles. The summed E-state index contributed by atoms with van der Waals surface area (Å²) in [5.41, 5.74) is 7.15. The van der Waals surface area contributed by atoms with Crippen LogP contribution in [-0.4, -0.2) is 48.9 Å². The second-order valence-corrected chi connectivity index (χ2v) is 10.4. The summed E-state index contributed by atoms with van der Waals surface area (Å²) >= 11 is 0. The fourth-order valence-corrected chi connectivity index (χ4v) is 5.28. The highest BCUT2D eigenvalue weighted by molar-refractivity contribution is 7.85. The maximum atomic E-state index is 11.6. The van der Waals surface area contributed by atoms with Gasteiger partial charge >= 0.3 is 0 Å². The normalized spacial score (nSPS) is 15.1. The van der Waals surface area contributed by atoms with E-state index in [4.69, 9.17) is 4.98 Å². The number of H-pyrrole nitrogens is 1. The van der Waals surface area contributed by atoms with Crippen molar-refractivity contribution in [1.82, 2.24) is 20.1 Å². The Morgan fingerprint density at radius 2 is 1.61 bits per heavy atom. The summed E-state index contributed by atoms with van der Waals surface area (Å²) in [6.07, 6.45) is 0.741. The number of nitrogens with zero attached hydrogens (tertiary/aromatic N) is 3. The molecule has 5 rings (SSSR count). The molecule has 168 valence electrons. The van der Waals surface area contributed by atoms with Gasteiger partial charge in [0.25, 0.3) is 0 Å². The van der Waals surface area contributed by atoms with Gasteiger partial charge in [-0.25, -0.2) is 4.98 Å². The first-order chi connectivity index (χ1) is 16.1. The van der Waals surface area contributed by atoms with E-state index in [1.54, 1.807) is 0 Å². The molecule has 1 aliphatic rings. The topological polar surface area (TPSA) is 61.9 Å². The molecule has 0 unspecified atom stereocenters. The maximum Gasteiger partial charge on any atom is 0.181 e. The van der Waals surface area contributed by atoms with Crippen LogP contribution in [0.2, 0.25) is 0 Å². The molecular weight excluding hydrogens is 428 g/mol. The van der Waals surface area contributed by atoms with E-state index >= 15 is 0 Å². The smallest absolute Gasteiger partial charge is 0.181 e. The minimum Gasteiger partial charge on any atom is -0.297 e. The second-order valence-electron chi connectivity index (χ2n) is 8.67. The van der Waals surface area contributed by atoms with E-state index in [2.05, 4.69) is 94.8 Å². The van der Waals surface area contributed by atoms with Crippen LogP contribution in [0.15, 0.2) is 72.8 Å². The summed E-state index contributed by atoms with van der Waals surface area (Å²) in [6, 6.07) is 25.6. The number of aryl methyl sites for hydroxylation is 1. The zero-order chi connectivity index (χ0) is 22.6. The van der Waals surface area contributed by atoms with Crippen LogP contribution in [0.1, 0.15) is 22.5 Å². The lowest BCUT2D eigenvalue weighted by Gasteiger charge is -2.26. The van der Waals surface area contributed by atoms with Gasteiger partial charge in [0, 0.05) is 53.9 Å². The first kappa shape index (κ1) is 21.7. The number of aromatic nitrogens is 3. The van der Waals surface area contributed by atoms with Gasteiger partial charge in [0.2, 0.25) is 0 Å².